The summed E-state index contributed by atoms with van der Waals surface area (Å²) in [6, 6.07) is 7.23. The zero-order valence-electron chi connectivity index (χ0n) is 13.0. The van der Waals surface area contributed by atoms with Crippen molar-refractivity contribution in [3.8, 4) is 5.75 Å². The van der Waals surface area contributed by atoms with E-state index in [1.165, 1.54) is 16.4 Å². The first-order valence-electron chi connectivity index (χ1n) is 7.40. The highest BCUT2D eigenvalue weighted by Crippen LogP contribution is 2.39. The van der Waals surface area contributed by atoms with Gasteiger partial charge in [-0.3, -0.25) is 4.79 Å². The Morgan fingerprint density at radius 1 is 1.48 bits per heavy atom. The van der Waals surface area contributed by atoms with Crippen molar-refractivity contribution in [2.45, 2.75) is 36.1 Å². The molecular formula is C15H19N5O2S. The number of carbonyl (C=O) groups excluding carboxylic acids is 1. The van der Waals surface area contributed by atoms with Crippen LogP contribution in [-0.2, 0) is 4.79 Å². The van der Waals surface area contributed by atoms with Gasteiger partial charge in [0.1, 0.15) is 5.75 Å². The first kappa shape index (κ1) is 15.7. The molecule has 1 aliphatic rings. The SMILES string of the molecule is COc1cccc(NC(=O)[C@@H](C)Sc2nnc(C3CC3)n2N)c1. The Morgan fingerprint density at radius 3 is 2.96 bits per heavy atom. The van der Waals surface area contributed by atoms with E-state index in [4.69, 9.17) is 10.6 Å². The highest BCUT2D eigenvalue weighted by atomic mass is 32.2. The summed E-state index contributed by atoms with van der Waals surface area (Å²) in [5, 5.41) is 11.3. The van der Waals surface area contributed by atoms with Crippen LogP contribution in [0.15, 0.2) is 29.4 Å². The number of anilines is 1. The molecule has 3 N–H and O–H groups in total. The maximum Gasteiger partial charge on any atom is 0.237 e. The van der Waals surface area contributed by atoms with Crippen LogP contribution < -0.4 is 15.9 Å². The number of aromatic nitrogens is 3. The molecular weight excluding hydrogens is 314 g/mol. The van der Waals surface area contributed by atoms with Crippen LogP contribution in [-0.4, -0.2) is 33.1 Å². The summed E-state index contributed by atoms with van der Waals surface area (Å²) in [6.45, 7) is 1.81. The maximum absolute atomic E-state index is 12.3. The van der Waals surface area contributed by atoms with E-state index in [9.17, 15) is 4.79 Å². The lowest BCUT2D eigenvalue weighted by atomic mass is 10.3. The largest absolute Gasteiger partial charge is 0.497 e. The van der Waals surface area contributed by atoms with Crippen LogP contribution in [0.1, 0.15) is 31.5 Å². The number of rotatable bonds is 6. The topological polar surface area (TPSA) is 95.1 Å². The van der Waals surface area contributed by atoms with Gasteiger partial charge in [-0.25, -0.2) is 4.68 Å². The van der Waals surface area contributed by atoms with Crippen molar-refractivity contribution >= 4 is 23.4 Å². The van der Waals surface area contributed by atoms with E-state index in [2.05, 4.69) is 15.5 Å². The molecule has 1 amide bonds. The molecule has 0 radical (unpaired) electrons. The van der Waals surface area contributed by atoms with E-state index in [1.807, 2.05) is 25.1 Å². The van der Waals surface area contributed by atoms with Crippen LogP contribution in [0.5, 0.6) is 5.75 Å². The van der Waals surface area contributed by atoms with Gasteiger partial charge in [0.2, 0.25) is 11.1 Å². The minimum absolute atomic E-state index is 0.126. The number of nitrogen functional groups attached to an aromatic ring is 1. The summed E-state index contributed by atoms with van der Waals surface area (Å²) >= 11 is 1.29. The van der Waals surface area contributed by atoms with Crippen LogP contribution in [0, 0.1) is 0 Å². The second kappa shape index (κ2) is 6.49. The van der Waals surface area contributed by atoms with Gasteiger partial charge < -0.3 is 15.9 Å². The third-order valence-electron chi connectivity index (χ3n) is 3.62. The number of carbonyl (C=O) groups is 1. The lowest BCUT2D eigenvalue weighted by molar-refractivity contribution is -0.115. The first-order valence-corrected chi connectivity index (χ1v) is 8.28. The highest BCUT2D eigenvalue weighted by Gasteiger charge is 2.30. The Kier molecular flexibility index (Phi) is 4.42. The van der Waals surface area contributed by atoms with Gasteiger partial charge in [-0.2, -0.15) is 0 Å². The maximum atomic E-state index is 12.3. The van der Waals surface area contributed by atoms with Gasteiger partial charge in [0.25, 0.3) is 0 Å². The van der Waals surface area contributed by atoms with Crippen molar-refractivity contribution in [2.24, 2.45) is 0 Å². The van der Waals surface area contributed by atoms with Gasteiger partial charge in [-0.1, -0.05) is 17.8 Å². The van der Waals surface area contributed by atoms with E-state index in [0.29, 0.717) is 22.5 Å². The summed E-state index contributed by atoms with van der Waals surface area (Å²) in [4.78, 5) is 12.3. The molecule has 0 aliphatic heterocycles. The number of nitrogens with zero attached hydrogens (tertiary/aromatic N) is 3. The van der Waals surface area contributed by atoms with E-state index in [-0.39, 0.29) is 11.2 Å². The molecule has 1 aromatic carbocycles. The minimum Gasteiger partial charge on any atom is -0.497 e. The van der Waals surface area contributed by atoms with Crippen LogP contribution in [0.3, 0.4) is 0 Å². The summed E-state index contributed by atoms with van der Waals surface area (Å²) in [5.41, 5.74) is 0.690. The molecule has 3 rings (SSSR count). The number of ether oxygens (including phenoxy) is 1. The third kappa shape index (κ3) is 3.58. The Bertz CT molecular complexity index is 714. The van der Waals surface area contributed by atoms with E-state index in [0.717, 1.165) is 18.7 Å². The second-order valence-corrected chi connectivity index (χ2v) is 6.77. The lowest BCUT2D eigenvalue weighted by Gasteiger charge is -2.12. The van der Waals surface area contributed by atoms with Crippen molar-refractivity contribution in [2.75, 3.05) is 18.3 Å². The number of hydrogen-bond acceptors (Lipinski definition) is 6. The average molecular weight is 333 g/mol. The van der Waals surface area contributed by atoms with Crippen molar-refractivity contribution in [1.82, 2.24) is 14.9 Å². The molecule has 0 spiro atoms. The number of hydrogen-bond donors (Lipinski definition) is 2. The van der Waals surface area contributed by atoms with Crippen molar-refractivity contribution in [1.29, 1.82) is 0 Å². The molecule has 1 aromatic heterocycles. The molecule has 8 heteroatoms. The van der Waals surface area contributed by atoms with E-state index in [1.54, 1.807) is 13.2 Å². The van der Waals surface area contributed by atoms with Crippen LogP contribution in [0.2, 0.25) is 0 Å². The zero-order valence-corrected chi connectivity index (χ0v) is 13.8. The Morgan fingerprint density at radius 2 is 2.26 bits per heavy atom. The van der Waals surface area contributed by atoms with Gasteiger partial charge in [-0.15, -0.1) is 10.2 Å². The monoisotopic (exact) mass is 333 g/mol. The minimum atomic E-state index is -0.347. The number of methoxy groups -OCH3 is 1. The summed E-state index contributed by atoms with van der Waals surface area (Å²) in [6.07, 6.45) is 2.21. The zero-order chi connectivity index (χ0) is 16.4. The summed E-state index contributed by atoms with van der Waals surface area (Å²) in [5.74, 6) is 7.79. The lowest BCUT2D eigenvalue weighted by Crippen LogP contribution is -2.23. The Labute approximate surface area is 138 Å². The molecule has 0 saturated heterocycles. The molecule has 1 atom stereocenters. The van der Waals surface area contributed by atoms with Gasteiger partial charge in [-0.05, 0) is 31.9 Å². The fraction of sp³-hybridized carbons (Fsp3) is 0.400. The Hall–Kier alpha value is -2.22. The third-order valence-corrected chi connectivity index (χ3v) is 4.68. The molecule has 0 bridgehead atoms. The smallest absolute Gasteiger partial charge is 0.237 e. The molecule has 7 nitrogen and oxygen atoms in total. The molecule has 122 valence electrons. The quantitative estimate of drug-likeness (QED) is 0.620. The Balaban J connectivity index is 1.63. The van der Waals surface area contributed by atoms with Crippen LogP contribution in [0.25, 0.3) is 0 Å². The van der Waals surface area contributed by atoms with Gasteiger partial charge in [0, 0.05) is 17.7 Å². The predicted octanol–water partition coefficient (Wildman–Crippen LogP) is 2.00. The van der Waals surface area contributed by atoms with E-state index >= 15 is 0 Å². The first-order chi connectivity index (χ1) is 11.1. The van der Waals surface area contributed by atoms with Crippen molar-refractivity contribution in [3.63, 3.8) is 0 Å². The number of nitrogens with two attached hydrogens (primary N) is 1. The molecule has 1 heterocycles. The number of nitrogens with one attached hydrogen (secondary N) is 1. The number of benzene rings is 1. The molecule has 23 heavy (non-hydrogen) atoms. The number of thioether (sulfide) groups is 1. The standard InChI is InChI=1S/C15H19N5O2S/c1-9(14(21)17-11-4-3-5-12(8-11)22-2)23-15-19-18-13(20(15)16)10-6-7-10/h3-5,8-10H,6-7,16H2,1-2H3,(H,17,21)/t9-/m1/s1. The molecule has 1 saturated carbocycles. The van der Waals surface area contributed by atoms with Gasteiger partial charge >= 0.3 is 0 Å². The van der Waals surface area contributed by atoms with Crippen LogP contribution in [0.4, 0.5) is 5.69 Å². The van der Waals surface area contributed by atoms with E-state index < -0.39 is 0 Å². The molecule has 0 unspecified atom stereocenters. The normalized spacial score (nSPS) is 15.2. The summed E-state index contributed by atoms with van der Waals surface area (Å²) in [7, 11) is 1.59. The van der Waals surface area contributed by atoms with Gasteiger partial charge in [0.15, 0.2) is 5.82 Å². The fourth-order valence-corrected chi connectivity index (χ4v) is 2.92. The summed E-state index contributed by atoms with van der Waals surface area (Å²) < 4.78 is 6.64. The second-order valence-electron chi connectivity index (χ2n) is 5.47. The predicted molar refractivity (Wildman–Crippen MR) is 89.1 cm³/mol. The average Bonchev–Trinajstić information content (AvgIpc) is 3.33. The molecule has 1 fully saturated rings. The molecule has 2 aromatic rings. The number of amides is 1. The van der Waals surface area contributed by atoms with Crippen molar-refractivity contribution < 1.29 is 9.53 Å². The fourth-order valence-electron chi connectivity index (χ4n) is 2.14. The van der Waals surface area contributed by atoms with Crippen molar-refractivity contribution in [3.05, 3.63) is 30.1 Å². The van der Waals surface area contributed by atoms with Crippen LogP contribution >= 0.6 is 11.8 Å². The molecule has 1 aliphatic carbocycles. The highest BCUT2D eigenvalue weighted by molar-refractivity contribution is 8.00. The van der Waals surface area contributed by atoms with Gasteiger partial charge in [0.05, 0.1) is 12.4 Å².